The van der Waals surface area contributed by atoms with Crippen LogP contribution in [0.1, 0.15) is 36.7 Å². The number of carbonyl (C=O) groups is 1. The third-order valence-corrected chi connectivity index (χ3v) is 3.02. The summed E-state index contributed by atoms with van der Waals surface area (Å²) in [4.78, 5) is 12.0. The zero-order chi connectivity index (χ0) is 15.5. The molecule has 2 aromatic rings. The monoisotopic (exact) mass is 283 g/mol. The fraction of sp³-hybridized carbons (Fsp3) is 0.278. The van der Waals surface area contributed by atoms with Gasteiger partial charge in [-0.2, -0.15) is 0 Å². The molecule has 0 heterocycles. The van der Waals surface area contributed by atoms with Crippen LogP contribution in [0.15, 0.2) is 48.5 Å². The van der Waals surface area contributed by atoms with E-state index in [2.05, 4.69) is 6.07 Å². The van der Waals surface area contributed by atoms with Crippen LogP contribution in [0, 0.1) is 0 Å². The van der Waals surface area contributed by atoms with Crippen molar-refractivity contribution >= 4 is 5.97 Å². The van der Waals surface area contributed by atoms with Crippen LogP contribution < -0.4 is 5.73 Å². The van der Waals surface area contributed by atoms with E-state index in [1.165, 1.54) is 0 Å². The number of hydrogen-bond acceptors (Lipinski definition) is 3. The number of hydrogen-bond donors (Lipinski definition) is 1. The lowest BCUT2D eigenvalue weighted by Gasteiger charge is -2.19. The summed E-state index contributed by atoms with van der Waals surface area (Å²) in [7, 11) is 0. The Labute approximate surface area is 125 Å². The van der Waals surface area contributed by atoms with E-state index in [0.29, 0.717) is 12.1 Å². The number of rotatable bonds is 3. The number of carbonyl (C=O) groups excluding carboxylic acids is 1. The quantitative estimate of drug-likeness (QED) is 0.872. The van der Waals surface area contributed by atoms with E-state index in [0.717, 1.165) is 16.7 Å². The maximum absolute atomic E-state index is 12.0. The van der Waals surface area contributed by atoms with Crippen molar-refractivity contribution in [2.75, 3.05) is 0 Å². The first kappa shape index (κ1) is 15.3. The Kier molecular flexibility index (Phi) is 4.43. The van der Waals surface area contributed by atoms with Gasteiger partial charge in [0.15, 0.2) is 0 Å². The summed E-state index contributed by atoms with van der Waals surface area (Å²) in [6.45, 7) is 6.09. The van der Waals surface area contributed by atoms with Crippen LogP contribution in [0.5, 0.6) is 0 Å². The molecule has 2 rings (SSSR count). The van der Waals surface area contributed by atoms with E-state index in [1.807, 2.05) is 51.1 Å². The van der Waals surface area contributed by atoms with Gasteiger partial charge in [-0.05, 0) is 55.7 Å². The van der Waals surface area contributed by atoms with Crippen molar-refractivity contribution in [1.29, 1.82) is 0 Å². The van der Waals surface area contributed by atoms with Crippen molar-refractivity contribution in [3.05, 3.63) is 59.7 Å². The Morgan fingerprint density at radius 1 is 1.05 bits per heavy atom. The fourth-order valence-electron chi connectivity index (χ4n) is 2.01. The summed E-state index contributed by atoms with van der Waals surface area (Å²) >= 11 is 0. The van der Waals surface area contributed by atoms with Gasteiger partial charge in [-0.3, -0.25) is 0 Å². The molecule has 0 aromatic heterocycles. The average molecular weight is 283 g/mol. The highest BCUT2D eigenvalue weighted by molar-refractivity contribution is 5.90. The molecule has 0 aliphatic heterocycles. The second-order valence-corrected chi connectivity index (χ2v) is 5.98. The molecule has 0 unspecified atom stereocenters. The summed E-state index contributed by atoms with van der Waals surface area (Å²) in [5, 5.41) is 0. The second kappa shape index (κ2) is 6.10. The predicted octanol–water partition coefficient (Wildman–Crippen LogP) is 3.77. The largest absolute Gasteiger partial charge is 0.456 e. The SMILES string of the molecule is CC(C)(C)OC(=O)c1ccc(-c2cccc(CN)c2)cc1. The molecule has 0 aliphatic carbocycles. The van der Waals surface area contributed by atoms with Gasteiger partial charge in [-0.25, -0.2) is 4.79 Å². The fourth-order valence-corrected chi connectivity index (χ4v) is 2.01. The van der Waals surface area contributed by atoms with Crippen LogP contribution in [0.25, 0.3) is 11.1 Å². The molecule has 0 spiro atoms. The summed E-state index contributed by atoms with van der Waals surface area (Å²) in [6, 6.07) is 15.5. The van der Waals surface area contributed by atoms with Crippen molar-refractivity contribution in [3.63, 3.8) is 0 Å². The lowest BCUT2D eigenvalue weighted by atomic mass is 10.0. The third-order valence-electron chi connectivity index (χ3n) is 3.02. The van der Waals surface area contributed by atoms with Gasteiger partial charge in [-0.15, -0.1) is 0 Å². The summed E-state index contributed by atoms with van der Waals surface area (Å²) in [5.41, 5.74) is 8.97. The molecule has 0 aliphatic rings. The lowest BCUT2D eigenvalue weighted by Crippen LogP contribution is -2.23. The number of ether oxygens (including phenoxy) is 1. The zero-order valence-electron chi connectivity index (χ0n) is 12.7. The van der Waals surface area contributed by atoms with Crippen LogP contribution in [0.2, 0.25) is 0 Å². The molecule has 0 bridgehead atoms. The van der Waals surface area contributed by atoms with Gasteiger partial charge >= 0.3 is 5.97 Å². The van der Waals surface area contributed by atoms with E-state index in [4.69, 9.17) is 10.5 Å². The zero-order valence-corrected chi connectivity index (χ0v) is 12.7. The molecule has 0 radical (unpaired) electrons. The van der Waals surface area contributed by atoms with E-state index in [1.54, 1.807) is 12.1 Å². The Hall–Kier alpha value is -2.13. The molecule has 3 heteroatoms. The highest BCUT2D eigenvalue weighted by Crippen LogP contribution is 2.22. The van der Waals surface area contributed by atoms with Crippen molar-refractivity contribution in [3.8, 4) is 11.1 Å². The molecule has 21 heavy (non-hydrogen) atoms. The Bertz CT molecular complexity index is 624. The molecule has 0 fully saturated rings. The van der Waals surface area contributed by atoms with Crippen LogP contribution in [-0.4, -0.2) is 11.6 Å². The molecule has 0 saturated carbocycles. The van der Waals surface area contributed by atoms with Crippen LogP contribution in [0.4, 0.5) is 0 Å². The first-order valence-corrected chi connectivity index (χ1v) is 7.02. The van der Waals surface area contributed by atoms with E-state index in [-0.39, 0.29) is 5.97 Å². The lowest BCUT2D eigenvalue weighted by molar-refractivity contribution is 0.00696. The topological polar surface area (TPSA) is 52.3 Å². The normalized spacial score (nSPS) is 11.2. The molecular weight excluding hydrogens is 262 g/mol. The molecule has 0 amide bonds. The van der Waals surface area contributed by atoms with Crippen LogP contribution in [0.3, 0.4) is 0 Å². The Balaban J connectivity index is 2.20. The first-order chi connectivity index (χ1) is 9.89. The Morgan fingerprint density at radius 3 is 2.29 bits per heavy atom. The first-order valence-electron chi connectivity index (χ1n) is 7.02. The van der Waals surface area contributed by atoms with E-state index >= 15 is 0 Å². The van der Waals surface area contributed by atoms with Gasteiger partial charge < -0.3 is 10.5 Å². The number of esters is 1. The van der Waals surface area contributed by atoms with Crippen LogP contribution in [-0.2, 0) is 11.3 Å². The van der Waals surface area contributed by atoms with Crippen molar-refractivity contribution in [1.82, 2.24) is 0 Å². The number of nitrogens with two attached hydrogens (primary N) is 1. The number of benzene rings is 2. The van der Waals surface area contributed by atoms with E-state index < -0.39 is 5.60 Å². The summed E-state index contributed by atoms with van der Waals surface area (Å²) in [6.07, 6.45) is 0. The highest BCUT2D eigenvalue weighted by atomic mass is 16.6. The molecular formula is C18H21NO2. The van der Waals surface area contributed by atoms with Gasteiger partial charge in [0.05, 0.1) is 5.56 Å². The molecule has 2 aromatic carbocycles. The van der Waals surface area contributed by atoms with Gasteiger partial charge in [-0.1, -0.05) is 30.3 Å². The minimum Gasteiger partial charge on any atom is -0.456 e. The maximum atomic E-state index is 12.0. The Morgan fingerprint density at radius 2 is 1.71 bits per heavy atom. The van der Waals surface area contributed by atoms with Crippen molar-refractivity contribution in [2.45, 2.75) is 32.9 Å². The minimum absolute atomic E-state index is 0.301. The predicted molar refractivity (Wildman–Crippen MR) is 84.9 cm³/mol. The summed E-state index contributed by atoms with van der Waals surface area (Å²) in [5.74, 6) is -0.301. The van der Waals surface area contributed by atoms with Crippen molar-refractivity contribution < 1.29 is 9.53 Å². The minimum atomic E-state index is -0.481. The summed E-state index contributed by atoms with van der Waals surface area (Å²) < 4.78 is 5.35. The van der Waals surface area contributed by atoms with Gasteiger partial charge in [0.25, 0.3) is 0 Å². The average Bonchev–Trinajstić information content (AvgIpc) is 2.46. The highest BCUT2D eigenvalue weighted by Gasteiger charge is 2.17. The van der Waals surface area contributed by atoms with Gasteiger partial charge in [0, 0.05) is 6.54 Å². The molecule has 110 valence electrons. The molecule has 2 N–H and O–H groups in total. The molecule has 0 saturated heterocycles. The standard InChI is InChI=1S/C18H21NO2/c1-18(2,3)21-17(20)15-9-7-14(8-10-15)16-6-4-5-13(11-16)12-19/h4-11H,12,19H2,1-3H3. The molecule has 0 atom stereocenters. The maximum Gasteiger partial charge on any atom is 0.338 e. The van der Waals surface area contributed by atoms with Gasteiger partial charge in [0.2, 0.25) is 0 Å². The van der Waals surface area contributed by atoms with Crippen molar-refractivity contribution in [2.24, 2.45) is 5.73 Å². The smallest absolute Gasteiger partial charge is 0.338 e. The van der Waals surface area contributed by atoms with Crippen LogP contribution >= 0.6 is 0 Å². The van der Waals surface area contributed by atoms with Gasteiger partial charge in [0.1, 0.15) is 5.60 Å². The van der Waals surface area contributed by atoms with E-state index in [9.17, 15) is 4.79 Å². The second-order valence-electron chi connectivity index (χ2n) is 5.98. The molecule has 3 nitrogen and oxygen atoms in total. The third kappa shape index (κ3) is 4.17.